The molecule has 0 bridgehead atoms. The molecule has 8 heteroatoms. The third-order valence-electron chi connectivity index (χ3n) is 3.51. The lowest BCUT2D eigenvalue weighted by Gasteiger charge is -1.98. The fourth-order valence-electron chi connectivity index (χ4n) is 2.23. The van der Waals surface area contributed by atoms with Gasteiger partial charge >= 0.3 is 0 Å². The summed E-state index contributed by atoms with van der Waals surface area (Å²) in [6.45, 7) is 3.73. The van der Waals surface area contributed by atoms with Gasteiger partial charge in [0.25, 0.3) is 6.43 Å². The predicted octanol–water partition coefficient (Wildman–Crippen LogP) is 3.46. The fraction of sp³-hybridized carbons (Fsp3) is 0.333. The van der Waals surface area contributed by atoms with E-state index in [2.05, 4.69) is 20.3 Å². The van der Waals surface area contributed by atoms with E-state index in [0.717, 1.165) is 17.0 Å². The summed E-state index contributed by atoms with van der Waals surface area (Å²) in [7, 11) is 0. The zero-order valence-electron chi connectivity index (χ0n) is 12.6. The van der Waals surface area contributed by atoms with Crippen molar-refractivity contribution in [3.05, 3.63) is 46.9 Å². The summed E-state index contributed by atoms with van der Waals surface area (Å²) in [6, 6.07) is 2.75. The highest BCUT2D eigenvalue weighted by molar-refractivity contribution is 5.52. The summed E-state index contributed by atoms with van der Waals surface area (Å²) in [5, 5.41) is 7.75. The molecule has 0 aromatic carbocycles. The summed E-state index contributed by atoms with van der Waals surface area (Å²) in [5.41, 5.74) is 2.11. The molecule has 6 nitrogen and oxygen atoms in total. The SMILES string of the molecule is Cc1noc(C)c1CCc1nc(-c2ccc(C(F)F)nc2)no1. The Labute approximate surface area is 130 Å². The summed E-state index contributed by atoms with van der Waals surface area (Å²) in [5.74, 6) is 1.55. The first-order chi connectivity index (χ1) is 11.0. The quantitative estimate of drug-likeness (QED) is 0.716. The second-order valence-electron chi connectivity index (χ2n) is 5.09. The van der Waals surface area contributed by atoms with E-state index in [9.17, 15) is 8.78 Å². The number of hydrogen-bond acceptors (Lipinski definition) is 6. The van der Waals surface area contributed by atoms with Crippen LogP contribution in [0.25, 0.3) is 11.4 Å². The van der Waals surface area contributed by atoms with Crippen LogP contribution in [0, 0.1) is 13.8 Å². The van der Waals surface area contributed by atoms with Crippen molar-refractivity contribution in [2.24, 2.45) is 0 Å². The molecule has 3 rings (SSSR count). The number of rotatable bonds is 5. The highest BCUT2D eigenvalue weighted by atomic mass is 19.3. The van der Waals surface area contributed by atoms with Crippen molar-refractivity contribution < 1.29 is 17.8 Å². The fourth-order valence-corrected chi connectivity index (χ4v) is 2.23. The maximum atomic E-state index is 12.5. The molecule has 0 saturated heterocycles. The molecule has 0 spiro atoms. The van der Waals surface area contributed by atoms with Crippen LogP contribution >= 0.6 is 0 Å². The van der Waals surface area contributed by atoms with Crippen LogP contribution in [-0.2, 0) is 12.8 Å². The summed E-state index contributed by atoms with van der Waals surface area (Å²) in [4.78, 5) is 7.94. The molecule has 0 N–H and O–H groups in total. The Bertz CT molecular complexity index is 777. The molecule has 0 amide bonds. The summed E-state index contributed by atoms with van der Waals surface area (Å²) in [6.07, 6.45) is -0.0752. The van der Waals surface area contributed by atoms with Crippen molar-refractivity contribution in [3.8, 4) is 11.4 Å². The van der Waals surface area contributed by atoms with Gasteiger partial charge in [-0.1, -0.05) is 10.3 Å². The number of aryl methyl sites for hydroxylation is 3. The molecule has 0 radical (unpaired) electrons. The van der Waals surface area contributed by atoms with Crippen LogP contribution in [0.15, 0.2) is 27.4 Å². The van der Waals surface area contributed by atoms with Crippen LogP contribution in [0.5, 0.6) is 0 Å². The van der Waals surface area contributed by atoms with Gasteiger partial charge in [0.1, 0.15) is 11.5 Å². The number of nitrogens with zero attached hydrogens (tertiary/aromatic N) is 4. The Hall–Kier alpha value is -2.64. The lowest BCUT2D eigenvalue weighted by atomic mass is 10.1. The van der Waals surface area contributed by atoms with E-state index in [4.69, 9.17) is 9.05 Å². The Morgan fingerprint density at radius 3 is 2.52 bits per heavy atom. The smallest absolute Gasteiger partial charge is 0.280 e. The third kappa shape index (κ3) is 3.25. The van der Waals surface area contributed by atoms with Gasteiger partial charge in [-0.15, -0.1) is 0 Å². The van der Waals surface area contributed by atoms with E-state index in [1.165, 1.54) is 18.3 Å². The van der Waals surface area contributed by atoms with Gasteiger partial charge in [0.2, 0.25) is 11.7 Å². The van der Waals surface area contributed by atoms with Gasteiger partial charge in [0.05, 0.1) is 5.69 Å². The number of pyridine rings is 1. The molecule has 0 saturated carbocycles. The van der Waals surface area contributed by atoms with Crippen molar-refractivity contribution in [3.63, 3.8) is 0 Å². The first kappa shape index (κ1) is 15.3. The van der Waals surface area contributed by atoms with E-state index < -0.39 is 6.43 Å². The third-order valence-corrected chi connectivity index (χ3v) is 3.51. The van der Waals surface area contributed by atoms with Crippen LogP contribution in [0.3, 0.4) is 0 Å². The minimum Gasteiger partial charge on any atom is -0.361 e. The average Bonchev–Trinajstić information content (AvgIpc) is 3.13. The lowest BCUT2D eigenvalue weighted by Crippen LogP contribution is -1.94. The number of hydrogen-bond donors (Lipinski definition) is 0. The molecule has 3 aromatic rings. The molecular weight excluding hydrogens is 306 g/mol. The normalized spacial score (nSPS) is 11.3. The highest BCUT2D eigenvalue weighted by Gasteiger charge is 2.14. The Morgan fingerprint density at radius 1 is 1.09 bits per heavy atom. The average molecular weight is 320 g/mol. The molecule has 0 unspecified atom stereocenters. The Kier molecular flexibility index (Phi) is 4.14. The van der Waals surface area contributed by atoms with Crippen molar-refractivity contribution in [1.29, 1.82) is 0 Å². The van der Waals surface area contributed by atoms with Crippen LogP contribution in [0.2, 0.25) is 0 Å². The first-order valence-corrected chi connectivity index (χ1v) is 7.03. The van der Waals surface area contributed by atoms with Gasteiger partial charge in [-0.2, -0.15) is 4.98 Å². The molecule has 120 valence electrons. The largest absolute Gasteiger partial charge is 0.361 e. The highest BCUT2D eigenvalue weighted by Crippen LogP contribution is 2.21. The maximum absolute atomic E-state index is 12.5. The lowest BCUT2D eigenvalue weighted by molar-refractivity contribution is 0.146. The van der Waals surface area contributed by atoms with Crippen molar-refractivity contribution in [1.82, 2.24) is 20.3 Å². The topological polar surface area (TPSA) is 77.8 Å². The Morgan fingerprint density at radius 2 is 1.91 bits per heavy atom. The molecule has 3 aromatic heterocycles. The number of halogens is 2. The predicted molar refractivity (Wildman–Crippen MR) is 75.9 cm³/mol. The molecule has 0 atom stereocenters. The van der Waals surface area contributed by atoms with E-state index in [1.807, 2.05) is 13.8 Å². The second kappa shape index (κ2) is 6.23. The van der Waals surface area contributed by atoms with Crippen LogP contribution in [0.4, 0.5) is 8.78 Å². The monoisotopic (exact) mass is 320 g/mol. The Balaban J connectivity index is 1.70. The van der Waals surface area contributed by atoms with Gasteiger partial charge < -0.3 is 9.05 Å². The minimum atomic E-state index is -2.60. The number of alkyl halides is 2. The van der Waals surface area contributed by atoms with Gasteiger partial charge in [-0.05, 0) is 32.4 Å². The van der Waals surface area contributed by atoms with Crippen molar-refractivity contribution >= 4 is 0 Å². The van der Waals surface area contributed by atoms with E-state index in [1.54, 1.807) is 0 Å². The van der Waals surface area contributed by atoms with Gasteiger partial charge in [-0.3, -0.25) is 4.98 Å². The number of aromatic nitrogens is 4. The second-order valence-corrected chi connectivity index (χ2v) is 5.09. The molecule has 0 aliphatic carbocycles. The van der Waals surface area contributed by atoms with Gasteiger partial charge in [-0.25, -0.2) is 8.78 Å². The van der Waals surface area contributed by atoms with Crippen LogP contribution in [-0.4, -0.2) is 20.3 Å². The van der Waals surface area contributed by atoms with E-state index in [0.29, 0.717) is 30.1 Å². The van der Waals surface area contributed by atoms with Crippen LogP contribution < -0.4 is 0 Å². The van der Waals surface area contributed by atoms with Gasteiger partial charge in [0.15, 0.2) is 0 Å². The standard InChI is InChI=1S/C15H14F2N4O2/c1-8-11(9(2)22-20-8)4-6-13-19-15(21-23-13)10-3-5-12(14(16)17)18-7-10/h3,5,7,14H,4,6H2,1-2H3. The van der Waals surface area contributed by atoms with Crippen molar-refractivity contribution in [2.75, 3.05) is 0 Å². The minimum absolute atomic E-state index is 0.282. The molecule has 0 aliphatic heterocycles. The molecule has 0 aliphatic rings. The van der Waals surface area contributed by atoms with Gasteiger partial charge in [0, 0.05) is 23.7 Å². The summed E-state index contributed by atoms with van der Waals surface area (Å²) >= 11 is 0. The van der Waals surface area contributed by atoms with E-state index >= 15 is 0 Å². The summed E-state index contributed by atoms with van der Waals surface area (Å²) < 4.78 is 35.3. The zero-order valence-corrected chi connectivity index (χ0v) is 12.6. The van der Waals surface area contributed by atoms with Crippen LogP contribution in [0.1, 0.15) is 35.0 Å². The van der Waals surface area contributed by atoms with Crippen molar-refractivity contribution in [2.45, 2.75) is 33.1 Å². The molecule has 0 fully saturated rings. The maximum Gasteiger partial charge on any atom is 0.280 e. The zero-order chi connectivity index (χ0) is 16.4. The molecule has 3 heterocycles. The molecule has 23 heavy (non-hydrogen) atoms. The van der Waals surface area contributed by atoms with E-state index in [-0.39, 0.29) is 5.69 Å². The first-order valence-electron chi connectivity index (χ1n) is 7.03. The molecular formula is C15H14F2N4O2.